The largest absolute Gasteiger partial charge is 0.449 e. The molecule has 6 heteroatoms. The number of aromatic nitrogens is 2. The molecule has 0 spiro atoms. The number of nitrogens with one attached hydrogen (secondary N) is 1. The molecular formula is C23H29N3O3. The second kappa shape index (κ2) is 10.0. The van der Waals surface area contributed by atoms with Crippen molar-refractivity contribution in [1.82, 2.24) is 15.1 Å². The molecule has 0 saturated heterocycles. The van der Waals surface area contributed by atoms with Gasteiger partial charge in [-0.3, -0.25) is 9.48 Å². The van der Waals surface area contributed by atoms with Crippen molar-refractivity contribution in [3.63, 3.8) is 0 Å². The number of ether oxygens (including phenoxy) is 1. The molecule has 1 heterocycles. The van der Waals surface area contributed by atoms with Gasteiger partial charge in [0.1, 0.15) is 0 Å². The summed E-state index contributed by atoms with van der Waals surface area (Å²) in [6.07, 6.45) is 10.2. The molecule has 0 radical (unpaired) electrons. The third-order valence-electron chi connectivity index (χ3n) is 5.35. The Hall–Kier alpha value is -2.89. The molecule has 1 saturated carbocycles. The van der Waals surface area contributed by atoms with Crippen LogP contribution in [0.1, 0.15) is 50.7 Å². The molecule has 1 N–H and O–H groups in total. The molecular weight excluding hydrogens is 366 g/mol. The number of carbonyl (C=O) groups excluding carboxylic acids is 2. The van der Waals surface area contributed by atoms with Gasteiger partial charge >= 0.3 is 5.97 Å². The van der Waals surface area contributed by atoms with Gasteiger partial charge in [-0.2, -0.15) is 5.10 Å². The highest BCUT2D eigenvalue weighted by molar-refractivity contribution is 5.90. The van der Waals surface area contributed by atoms with Crippen LogP contribution in [0.2, 0.25) is 0 Å². The Labute approximate surface area is 171 Å². The van der Waals surface area contributed by atoms with Crippen LogP contribution in [-0.2, 0) is 20.9 Å². The van der Waals surface area contributed by atoms with Gasteiger partial charge in [-0.25, -0.2) is 4.79 Å². The first-order valence-electron chi connectivity index (χ1n) is 10.3. The average Bonchev–Trinajstić information content (AvgIpc) is 3.16. The monoisotopic (exact) mass is 395 g/mol. The molecule has 1 aliphatic rings. The van der Waals surface area contributed by atoms with E-state index in [2.05, 4.69) is 17.3 Å². The van der Waals surface area contributed by atoms with Gasteiger partial charge < -0.3 is 10.1 Å². The molecule has 6 nitrogen and oxygen atoms in total. The Morgan fingerprint density at radius 2 is 2.03 bits per heavy atom. The molecule has 29 heavy (non-hydrogen) atoms. The summed E-state index contributed by atoms with van der Waals surface area (Å²) in [6, 6.07) is 10.2. The molecule has 0 aliphatic heterocycles. The highest BCUT2D eigenvalue weighted by Gasteiger charge is 2.25. The fourth-order valence-electron chi connectivity index (χ4n) is 3.58. The van der Waals surface area contributed by atoms with Gasteiger partial charge in [0, 0.05) is 23.9 Å². The molecule has 3 rings (SSSR count). The van der Waals surface area contributed by atoms with E-state index in [0.717, 1.165) is 30.4 Å². The molecule has 1 aromatic carbocycles. The van der Waals surface area contributed by atoms with E-state index >= 15 is 0 Å². The zero-order valence-electron chi connectivity index (χ0n) is 17.1. The zero-order chi connectivity index (χ0) is 20.6. The Balaban J connectivity index is 1.47. The van der Waals surface area contributed by atoms with Crippen molar-refractivity contribution in [2.24, 2.45) is 5.92 Å². The first kappa shape index (κ1) is 20.8. The normalized spacial score (nSPS) is 20.3. The van der Waals surface area contributed by atoms with E-state index in [0.29, 0.717) is 12.5 Å². The Bertz CT molecular complexity index is 844. The van der Waals surface area contributed by atoms with Gasteiger partial charge in [-0.05, 0) is 37.3 Å². The summed E-state index contributed by atoms with van der Waals surface area (Å²) in [7, 11) is 0. The molecule has 1 aromatic heterocycles. The predicted molar refractivity (Wildman–Crippen MR) is 112 cm³/mol. The molecule has 3 atom stereocenters. The minimum atomic E-state index is -0.818. The van der Waals surface area contributed by atoms with Gasteiger partial charge in [0.25, 0.3) is 5.91 Å². The zero-order valence-corrected chi connectivity index (χ0v) is 17.1. The first-order chi connectivity index (χ1) is 14.0. The van der Waals surface area contributed by atoms with E-state index in [-0.39, 0.29) is 11.9 Å². The smallest absolute Gasteiger partial charge is 0.331 e. The Kier molecular flexibility index (Phi) is 7.22. The van der Waals surface area contributed by atoms with E-state index in [1.165, 1.54) is 12.5 Å². The van der Waals surface area contributed by atoms with Crippen molar-refractivity contribution >= 4 is 18.0 Å². The number of benzene rings is 1. The van der Waals surface area contributed by atoms with Crippen LogP contribution < -0.4 is 5.32 Å². The standard InChI is InChI=1S/C23H29N3O3/c1-17-8-6-7-11-21(17)25-23(28)18(2)29-22(27)13-12-20-14-24-26(16-20)15-19-9-4-3-5-10-19/h3-5,9-10,12-14,16-18,21H,6-8,11,15H2,1-2H3,(H,25,28)/b13-12+/t17-,18+,21+/m0/s1. The third-order valence-corrected chi connectivity index (χ3v) is 5.35. The lowest BCUT2D eigenvalue weighted by molar-refractivity contribution is -0.150. The number of carbonyl (C=O) groups is 2. The van der Waals surface area contributed by atoms with E-state index in [1.807, 2.05) is 41.2 Å². The summed E-state index contributed by atoms with van der Waals surface area (Å²) in [5.74, 6) is -0.316. The summed E-state index contributed by atoms with van der Waals surface area (Å²) < 4.78 is 7.06. The molecule has 0 unspecified atom stereocenters. The maximum absolute atomic E-state index is 12.3. The fraction of sp³-hybridized carbons (Fsp3) is 0.435. The number of nitrogens with zero attached hydrogens (tertiary/aromatic N) is 2. The SMILES string of the molecule is C[C@@H](OC(=O)/C=C/c1cnn(Cc2ccccc2)c1)C(=O)N[C@@H]1CCCC[C@@H]1C. The van der Waals surface area contributed by atoms with Gasteiger partial charge in [-0.1, -0.05) is 50.1 Å². The van der Waals surface area contributed by atoms with Crippen LogP contribution in [-0.4, -0.2) is 33.8 Å². The summed E-state index contributed by atoms with van der Waals surface area (Å²) in [5.41, 5.74) is 1.95. The van der Waals surface area contributed by atoms with E-state index < -0.39 is 12.1 Å². The second-order valence-electron chi connectivity index (χ2n) is 7.75. The minimum absolute atomic E-state index is 0.170. The van der Waals surface area contributed by atoms with Crippen molar-refractivity contribution in [3.05, 3.63) is 59.9 Å². The molecule has 154 valence electrons. The van der Waals surface area contributed by atoms with Gasteiger partial charge in [-0.15, -0.1) is 0 Å². The Morgan fingerprint density at radius 1 is 1.28 bits per heavy atom. The van der Waals surface area contributed by atoms with E-state index in [4.69, 9.17) is 4.74 Å². The van der Waals surface area contributed by atoms with Crippen LogP contribution in [0.25, 0.3) is 6.08 Å². The van der Waals surface area contributed by atoms with Crippen LogP contribution in [0.4, 0.5) is 0 Å². The van der Waals surface area contributed by atoms with Gasteiger partial charge in [0.2, 0.25) is 0 Å². The summed E-state index contributed by atoms with van der Waals surface area (Å²) in [5, 5.41) is 7.32. The topological polar surface area (TPSA) is 73.2 Å². The maximum Gasteiger partial charge on any atom is 0.331 e. The van der Waals surface area contributed by atoms with Crippen LogP contribution in [0.5, 0.6) is 0 Å². The minimum Gasteiger partial charge on any atom is -0.449 e. The number of amides is 1. The molecule has 1 amide bonds. The third kappa shape index (κ3) is 6.31. The highest BCUT2D eigenvalue weighted by atomic mass is 16.5. The van der Waals surface area contributed by atoms with Gasteiger partial charge in [0.05, 0.1) is 12.7 Å². The lowest BCUT2D eigenvalue weighted by atomic mass is 9.86. The quantitative estimate of drug-likeness (QED) is 0.575. The maximum atomic E-state index is 12.3. The van der Waals surface area contributed by atoms with Crippen molar-refractivity contribution < 1.29 is 14.3 Å². The van der Waals surface area contributed by atoms with Crippen LogP contribution in [0, 0.1) is 5.92 Å². The van der Waals surface area contributed by atoms with Gasteiger partial charge in [0.15, 0.2) is 6.10 Å². The molecule has 2 aromatic rings. The average molecular weight is 396 g/mol. The molecule has 1 fully saturated rings. The van der Waals surface area contributed by atoms with Crippen molar-refractivity contribution in [1.29, 1.82) is 0 Å². The van der Waals surface area contributed by atoms with Crippen LogP contribution >= 0.6 is 0 Å². The van der Waals surface area contributed by atoms with Crippen molar-refractivity contribution in [2.45, 2.75) is 58.2 Å². The number of rotatable bonds is 7. The number of esters is 1. The summed E-state index contributed by atoms with van der Waals surface area (Å²) in [6.45, 7) is 4.42. The molecule has 1 aliphatic carbocycles. The fourth-order valence-corrected chi connectivity index (χ4v) is 3.58. The lowest BCUT2D eigenvalue weighted by Gasteiger charge is -2.30. The van der Waals surface area contributed by atoms with E-state index in [1.54, 1.807) is 19.2 Å². The lowest BCUT2D eigenvalue weighted by Crippen LogP contribution is -2.45. The van der Waals surface area contributed by atoms with Crippen LogP contribution in [0.3, 0.4) is 0 Å². The summed E-state index contributed by atoms with van der Waals surface area (Å²) >= 11 is 0. The summed E-state index contributed by atoms with van der Waals surface area (Å²) in [4.78, 5) is 24.4. The first-order valence-corrected chi connectivity index (χ1v) is 10.3. The van der Waals surface area contributed by atoms with E-state index in [9.17, 15) is 9.59 Å². The Morgan fingerprint density at radius 3 is 2.79 bits per heavy atom. The molecule has 0 bridgehead atoms. The van der Waals surface area contributed by atoms with Crippen LogP contribution in [0.15, 0.2) is 48.8 Å². The highest BCUT2D eigenvalue weighted by Crippen LogP contribution is 2.23. The number of hydrogen-bond donors (Lipinski definition) is 1. The van der Waals surface area contributed by atoms with Crippen molar-refractivity contribution in [3.8, 4) is 0 Å². The predicted octanol–water partition coefficient (Wildman–Crippen LogP) is 3.57. The second-order valence-corrected chi connectivity index (χ2v) is 7.75. The van der Waals surface area contributed by atoms with Crippen molar-refractivity contribution in [2.75, 3.05) is 0 Å². The number of hydrogen-bond acceptors (Lipinski definition) is 4.